The van der Waals surface area contributed by atoms with Gasteiger partial charge < -0.3 is 19.8 Å². The van der Waals surface area contributed by atoms with E-state index in [1.54, 1.807) is 0 Å². The van der Waals surface area contributed by atoms with Crippen molar-refractivity contribution in [3.05, 3.63) is 35.5 Å². The second-order valence-corrected chi connectivity index (χ2v) is 6.45. The lowest BCUT2D eigenvalue weighted by atomic mass is 10.1. The van der Waals surface area contributed by atoms with Crippen molar-refractivity contribution >= 4 is 17.6 Å². The van der Waals surface area contributed by atoms with Crippen LogP contribution in [0.15, 0.2) is 24.3 Å². The number of aromatic amines is 1. The van der Waals surface area contributed by atoms with E-state index in [1.165, 1.54) is 12.1 Å². The highest BCUT2D eigenvalue weighted by Gasteiger charge is 2.38. The van der Waals surface area contributed by atoms with Crippen LogP contribution in [0.3, 0.4) is 0 Å². The van der Waals surface area contributed by atoms with Gasteiger partial charge in [-0.3, -0.25) is 0 Å². The summed E-state index contributed by atoms with van der Waals surface area (Å²) in [6, 6.07) is 5.02. The SMILES string of the molecule is O=C(O)C(F)(F)F.O=C(O)c1[nH]nnc1OC1CCN(c2ccc(C(F)(F)F)cc2)CC1. The molecule has 0 spiro atoms. The van der Waals surface area contributed by atoms with Crippen molar-refractivity contribution in [2.24, 2.45) is 0 Å². The molecule has 1 saturated heterocycles. The number of carboxylic acids is 2. The number of alkyl halides is 6. The zero-order chi connectivity index (χ0) is 24.1. The molecular weight excluding hydrogens is 454 g/mol. The van der Waals surface area contributed by atoms with Crippen molar-refractivity contribution in [1.29, 1.82) is 0 Å². The smallest absolute Gasteiger partial charge is 0.476 e. The monoisotopic (exact) mass is 470 g/mol. The van der Waals surface area contributed by atoms with Gasteiger partial charge in [0.15, 0.2) is 0 Å². The molecule has 176 valence electrons. The van der Waals surface area contributed by atoms with E-state index in [-0.39, 0.29) is 17.7 Å². The molecule has 32 heavy (non-hydrogen) atoms. The number of benzene rings is 1. The van der Waals surface area contributed by atoms with Crippen molar-refractivity contribution in [2.45, 2.75) is 31.3 Å². The molecule has 2 heterocycles. The highest BCUT2D eigenvalue weighted by Crippen LogP contribution is 2.31. The highest BCUT2D eigenvalue weighted by molar-refractivity contribution is 5.87. The van der Waals surface area contributed by atoms with Crippen LogP contribution in [0.2, 0.25) is 0 Å². The minimum Gasteiger partial charge on any atom is -0.476 e. The fraction of sp³-hybridized carbons (Fsp3) is 0.412. The molecule has 3 rings (SSSR count). The Morgan fingerprint density at radius 2 is 1.56 bits per heavy atom. The minimum absolute atomic E-state index is 0.0551. The van der Waals surface area contributed by atoms with Crippen LogP contribution >= 0.6 is 0 Å². The normalized spacial score (nSPS) is 15.0. The molecule has 3 N–H and O–H groups in total. The van der Waals surface area contributed by atoms with Crippen molar-refractivity contribution in [3.8, 4) is 5.88 Å². The minimum atomic E-state index is -5.08. The fourth-order valence-corrected chi connectivity index (χ4v) is 2.69. The largest absolute Gasteiger partial charge is 0.490 e. The summed E-state index contributed by atoms with van der Waals surface area (Å²) in [4.78, 5) is 21.8. The van der Waals surface area contributed by atoms with Gasteiger partial charge in [0, 0.05) is 31.6 Å². The number of rotatable bonds is 4. The number of nitrogens with one attached hydrogen (secondary N) is 1. The van der Waals surface area contributed by atoms with Crippen molar-refractivity contribution in [3.63, 3.8) is 0 Å². The fourth-order valence-electron chi connectivity index (χ4n) is 2.69. The highest BCUT2D eigenvalue weighted by atomic mass is 19.4. The first-order chi connectivity index (χ1) is 14.8. The van der Waals surface area contributed by atoms with E-state index in [4.69, 9.17) is 19.7 Å². The summed E-state index contributed by atoms with van der Waals surface area (Å²) >= 11 is 0. The summed E-state index contributed by atoms with van der Waals surface area (Å²) in [5.74, 6) is -4.02. The Balaban J connectivity index is 0.000000451. The third-order valence-corrected chi connectivity index (χ3v) is 4.25. The number of H-pyrrole nitrogens is 1. The molecular formula is C17H16F6N4O5. The van der Waals surface area contributed by atoms with Crippen molar-refractivity contribution < 1.29 is 50.9 Å². The van der Waals surface area contributed by atoms with Gasteiger partial charge in [-0.25, -0.2) is 14.7 Å². The van der Waals surface area contributed by atoms with Gasteiger partial charge in [-0.1, -0.05) is 10.3 Å². The third kappa shape index (κ3) is 6.75. The second-order valence-electron chi connectivity index (χ2n) is 6.45. The number of hydrogen-bond acceptors (Lipinski definition) is 6. The van der Waals surface area contributed by atoms with Crippen LogP contribution in [-0.2, 0) is 11.0 Å². The Kier molecular flexibility index (Phi) is 7.53. The van der Waals surface area contributed by atoms with Crippen LogP contribution in [0.1, 0.15) is 28.9 Å². The number of aliphatic carboxylic acids is 1. The predicted octanol–water partition coefficient (Wildman–Crippen LogP) is 3.20. The summed E-state index contributed by atoms with van der Waals surface area (Å²) in [5.41, 5.74) is -0.175. The van der Waals surface area contributed by atoms with E-state index in [0.29, 0.717) is 31.6 Å². The molecule has 0 atom stereocenters. The zero-order valence-electron chi connectivity index (χ0n) is 15.9. The Bertz CT molecular complexity index is 921. The number of ether oxygens (including phenoxy) is 1. The van der Waals surface area contributed by atoms with Gasteiger partial charge in [0.1, 0.15) is 6.10 Å². The van der Waals surface area contributed by atoms with E-state index in [2.05, 4.69) is 15.4 Å². The van der Waals surface area contributed by atoms with Gasteiger partial charge in [0.05, 0.1) is 5.56 Å². The standard InChI is InChI=1S/C15H15F3N4O3.C2HF3O2/c16-15(17,18)9-1-3-10(4-2-9)22-7-5-11(6-8-22)25-13-12(14(23)24)19-21-20-13;3-2(4,5)1(6)7/h1-4,11H,5-8H2,(H,23,24)(H,19,20,21);(H,6,7). The van der Waals surface area contributed by atoms with Crippen LogP contribution < -0.4 is 9.64 Å². The maximum Gasteiger partial charge on any atom is 0.490 e. The lowest BCUT2D eigenvalue weighted by Gasteiger charge is -2.33. The molecule has 0 amide bonds. The van der Waals surface area contributed by atoms with Crippen LogP contribution in [-0.4, -0.2) is 62.9 Å². The van der Waals surface area contributed by atoms with E-state index in [9.17, 15) is 31.1 Å². The maximum atomic E-state index is 12.6. The second kappa shape index (κ2) is 9.74. The molecule has 9 nitrogen and oxygen atoms in total. The molecule has 1 aliphatic heterocycles. The van der Waals surface area contributed by atoms with Gasteiger partial charge in [0.25, 0.3) is 5.88 Å². The number of anilines is 1. The van der Waals surface area contributed by atoms with Gasteiger partial charge in [0.2, 0.25) is 5.69 Å². The third-order valence-electron chi connectivity index (χ3n) is 4.25. The molecule has 1 fully saturated rings. The van der Waals surface area contributed by atoms with Crippen LogP contribution in [0.5, 0.6) is 5.88 Å². The predicted molar refractivity (Wildman–Crippen MR) is 94.3 cm³/mol. The molecule has 0 bridgehead atoms. The lowest BCUT2D eigenvalue weighted by Crippen LogP contribution is -2.38. The maximum absolute atomic E-state index is 12.6. The summed E-state index contributed by atoms with van der Waals surface area (Å²) in [6.45, 7) is 1.16. The first-order valence-electron chi connectivity index (χ1n) is 8.82. The molecule has 1 aliphatic rings. The quantitative estimate of drug-likeness (QED) is 0.582. The van der Waals surface area contributed by atoms with E-state index in [1.807, 2.05) is 4.90 Å². The number of aromatic nitrogens is 3. The molecule has 15 heteroatoms. The molecule has 2 aromatic rings. The molecule has 0 aliphatic carbocycles. The average molecular weight is 470 g/mol. The van der Waals surface area contributed by atoms with E-state index < -0.39 is 29.9 Å². The average Bonchev–Trinajstić information content (AvgIpc) is 3.16. The number of hydrogen-bond donors (Lipinski definition) is 3. The van der Waals surface area contributed by atoms with Gasteiger partial charge in [-0.2, -0.15) is 26.3 Å². The Morgan fingerprint density at radius 3 is 2.00 bits per heavy atom. The summed E-state index contributed by atoms with van der Waals surface area (Å²) in [7, 11) is 0. The summed E-state index contributed by atoms with van der Waals surface area (Å²) in [5, 5.41) is 25.4. The number of piperidine rings is 1. The van der Waals surface area contributed by atoms with Gasteiger partial charge in [-0.15, -0.1) is 0 Å². The first kappa shape index (κ1) is 24.7. The molecule has 0 saturated carbocycles. The summed E-state index contributed by atoms with van der Waals surface area (Å²) < 4.78 is 75.1. The molecule has 0 radical (unpaired) electrons. The van der Waals surface area contributed by atoms with E-state index in [0.717, 1.165) is 12.1 Å². The Labute approximate surface area is 175 Å². The number of carboxylic acid groups (broad SMARTS) is 2. The van der Waals surface area contributed by atoms with Gasteiger partial charge in [-0.05, 0) is 24.3 Å². The van der Waals surface area contributed by atoms with Crippen LogP contribution in [0.25, 0.3) is 0 Å². The van der Waals surface area contributed by atoms with Crippen LogP contribution in [0, 0.1) is 0 Å². The number of aromatic carboxylic acids is 1. The number of nitrogens with zero attached hydrogens (tertiary/aromatic N) is 3. The van der Waals surface area contributed by atoms with E-state index >= 15 is 0 Å². The zero-order valence-corrected chi connectivity index (χ0v) is 15.9. The van der Waals surface area contributed by atoms with Crippen LogP contribution in [0.4, 0.5) is 32.0 Å². The van der Waals surface area contributed by atoms with Crippen molar-refractivity contribution in [1.82, 2.24) is 15.4 Å². The molecule has 0 unspecified atom stereocenters. The van der Waals surface area contributed by atoms with Crippen molar-refractivity contribution in [2.75, 3.05) is 18.0 Å². The summed E-state index contributed by atoms with van der Waals surface area (Å²) in [6.07, 6.45) is -8.48. The Hall–Kier alpha value is -3.52. The first-order valence-corrected chi connectivity index (χ1v) is 8.82. The van der Waals surface area contributed by atoms with Gasteiger partial charge >= 0.3 is 24.3 Å². The number of carbonyl (C=O) groups is 2. The topological polar surface area (TPSA) is 129 Å². The Morgan fingerprint density at radius 1 is 1.03 bits per heavy atom. The molecule has 1 aromatic heterocycles. The molecule has 1 aromatic carbocycles. The lowest BCUT2D eigenvalue weighted by molar-refractivity contribution is -0.192. The number of halogens is 6.